The zero-order valence-electron chi connectivity index (χ0n) is 17.1. The van der Waals surface area contributed by atoms with Gasteiger partial charge in [-0.3, -0.25) is 0 Å². The lowest BCUT2D eigenvalue weighted by Crippen LogP contribution is -2.30. The van der Waals surface area contributed by atoms with Crippen molar-refractivity contribution in [2.24, 2.45) is 5.10 Å². The Balaban J connectivity index is 1.95. The molecule has 0 atom stereocenters. The highest BCUT2D eigenvalue weighted by atomic mass is 32.2. The van der Waals surface area contributed by atoms with E-state index in [-0.39, 0.29) is 0 Å². The molecule has 1 aromatic carbocycles. The molecule has 14 heteroatoms. The largest absolute Gasteiger partial charge is 0.493 e. The molecule has 12 nitrogen and oxygen atoms in total. The van der Waals surface area contributed by atoms with Gasteiger partial charge in [0.15, 0.2) is 11.5 Å². The number of hydrogen-bond acceptors (Lipinski definition) is 9. The van der Waals surface area contributed by atoms with Crippen LogP contribution in [0.25, 0.3) is 0 Å². The number of nitrogens with zero attached hydrogens (tertiary/aromatic N) is 6. The van der Waals surface area contributed by atoms with E-state index in [4.69, 9.17) is 9.47 Å². The predicted octanol–water partition coefficient (Wildman–Crippen LogP) is -0.0792. The second-order valence-corrected chi connectivity index (χ2v) is 10.4. The topological polar surface area (TPSA) is 136 Å². The first kappa shape index (κ1) is 22.0. The van der Waals surface area contributed by atoms with Crippen LogP contribution in [-0.4, -0.2) is 80.8 Å². The molecule has 1 aromatic heterocycles. The van der Waals surface area contributed by atoms with Crippen molar-refractivity contribution < 1.29 is 26.3 Å². The summed E-state index contributed by atoms with van der Waals surface area (Å²) < 4.78 is 62.5. The maximum Gasteiger partial charge on any atom is 0.323 e. The minimum Gasteiger partial charge on any atom is -0.493 e. The van der Waals surface area contributed by atoms with Gasteiger partial charge in [0.1, 0.15) is 6.33 Å². The first-order valence-electron chi connectivity index (χ1n) is 8.68. The van der Waals surface area contributed by atoms with E-state index in [1.807, 2.05) is 6.07 Å². The third kappa shape index (κ3) is 3.73. The minimum absolute atomic E-state index is 0.489. The molecule has 0 spiro atoms. The Morgan fingerprint density at radius 2 is 1.67 bits per heavy atom. The van der Waals surface area contributed by atoms with E-state index in [0.29, 0.717) is 34.1 Å². The number of aromatic nitrogens is 3. The average molecular weight is 459 g/mol. The molecule has 2 aromatic rings. The van der Waals surface area contributed by atoms with E-state index in [0.717, 1.165) is 26.2 Å². The summed E-state index contributed by atoms with van der Waals surface area (Å²) in [5, 5.41) is 7.15. The molecule has 0 aliphatic heterocycles. The van der Waals surface area contributed by atoms with Crippen LogP contribution in [-0.2, 0) is 26.7 Å². The Hall–Kier alpha value is -2.71. The first-order chi connectivity index (χ1) is 14.0. The van der Waals surface area contributed by atoms with Crippen LogP contribution in [0.3, 0.4) is 0 Å². The van der Waals surface area contributed by atoms with Gasteiger partial charge in [-0.25, -0.2) is 4.98 Å². The fraction of sp³-hybridized carbons (Fsp3) is 0.438. The third-order valence-corrected chi connectivity index (χ3v) is 7.54. The van der Waals surface area contributed by atoms with Crippen molar-refractivity contribution in [2.45, 2.75) is 18.0 Å². The Kier molecular flexibility index (Phi) is 5.75. The molecular weight excluding hydrogens is 436 g/mol. The summed E-state index contributed by atoms with van der Waals surface area (Å²) in [6.07, 6.45) is 2.00. The normalized spacial score (nSPS) is 15.5. The smallest absolute Gasteiger partial charge is 0.323 e. The molecule has 0 radical (unpaired) electrons. The third-order valence-electron chi connectivity index (χ3n) is 4.54. The monoisotopic (exact) mass is 458 g/mol. The van der Waals surface area contributed by atoms with Crippen molar-refractivity contribution in [1.29, 1.82) is 0 Å². The molecular formula is C16H22N6O6S2. The fourth-order valence-corrected chi connectivity index (χ4v) is 4.41. The Bertz CT molecular complexity index is 1200. The van der Waals surface area contributed by atoms with Gasteiger partial charge in [-0.05, 0) is 30.5 Å². The van der Waals surface area contributed by atoms with E-state index in [1.54, 1.807) is 6.07 Å². The zero-order valence-corrected chi connectivity index (χ0v) is 18.7. The lowest BCUT2D eigenvalue weighted by Gasteiger charge is -2.14. The molecule has 0 unspecified atom stereocenters. The maximum absolute atomic E-state index is 12.8. The number of fused-ring (bicyclic) bond motifs is 1. The van der Waals surface area contributed by atoms with E-state index >= 15 is 0 Å². The summed E-state index contributed by atoms with van der Waals surface area (Å²) >= 11 is 0. The lowest BCUT2D eigenvalue weighted by molar-refractivity contribution is 0.354. The summed E-state index contributed by atoms with van der Waals surface area (Å²) in [7, 11) is -1.37. The summed E-state index contributed by atoms with van der Waals surface area (Å²) in [4.78, 5) is 3.64. The zero-order chi connectivity index (χ0) is 22.3. The summed E-state index contributed by atoms with van der Waals surface area (Å²) in [6, 6.07) is 3.58. The summed E-state index contributed by atoms with van der Waals surface area (Å²) in [5.41, 5.74) is 2.25. The molecule has 1 aliphatic carbocycles. The van der Waals surface area contributed by atoms with Crippen LogP contribution in [0, 0.1) is 0 Å². The van der Waals surface area contributed by atoms with Gasteiger partial charge >= 0.3 is 20.2 Å². The molecule has 0 amide bonds. The van der Waals surface area contributed by atoms with Crippen LogP contribution >= 0.6 is 0 Å². The molecule has 0 saturated heterocycles. The van der Waals surface area contributed by atoms with Gasteiger partial charge in [-0.1, -0.05) is 0 Å². The second-order valence-electron chi connectivity index (χ2n) is 6.54. The summed E-state index contributed by atoms with van der Waals surface area (Å²) in [6.45, 7) is 0. The van der Waals surface area contributed by atoms with Gasteiger partial charge in [0.2, 0.25) is 0 Å². The highest BCUT2D eigenvalue weighted by Crippen LogP contribution is 2.35. The number of ether oxygens (including phenoxy) is 2. The van der Waals surface area contributed by atoms with Crippen molar-refractivity contribution >= 4 is 25.9 Å². The Morgan fingerprint density at radius 1 is 1.03 bits per heavy atom. The van der Waals surface area contributed by atoms with Gasteiger partial charge in [0.25, 0.3) is 5.16 Å². The number of sulfonamides is 1. The van der Waals surface area contributed by atoms with Crippen LogP contribution in [0.2, 0.25) is 0 Å². The number of hydrogen-bond donors (Lipinski definition) is 0. The predicted molar refractivity (Wildman–Crippen MR) is 107 cm³/mol. The highest BCUT2D eigenvalue weighted by Gasteiger charge is 2.29. The van der Waals surface area contributed by atoms with Crippen molar-refractivity contribution in [1.82, 2.24) is 22.9 Å². The van der Waals surface area contributed by atoms with E-state index in [1.165, 1.54) is 35.4 Å². The van der Waals surface area contributed by atoms with Crippen LogP contribution in [0.4, 0.5) is 0 Å². The Morgan fingerprint density at radius 3 is 2.27 bits per heavy atom. The molecule has 1 heterocycles. The van der Waals surface area contributed by atoms with Crippen molar-refractivity contribution in [3.63, 3.8) is 0 Å². The standard InChI is InChI=1S/C16H22N6O6S2/c1-20(2)30(25,26)22-10-17-16(19-22)29(23,24)21(3)18-13-7-6-11-8-14(27-4)15(28-5)9-12(11)13/h8-10H,6-7H2,1-5H3/b18-13-. The van der Waals surface area contributed by atoms with Crippen molar-refractivity contribution in [2.75, 3.05) is 35.4 Å². The number of methoxy groups -OCH3 is 2. The molecule has 164 valence electrons. The number of aryl methyl sites for hydroxylation is 1. The average Bonchev–Trinajstić information content (AvgIpc) is 3.35. The number of benzene rings is 1. The van der Waals surface area contributed by atoms with Crippen LogP contribution < -0.4 is 9.47 Å². The van der Waals surface area contributed by atoms with Gasteiger partial charge in [0, 0.05) is 26.7 Å². The minimum atomic E-state index is -4.26. The van der Waals surface area contributed by atoms with Crippen molar-refractivity contribution in [3.8, 4) is 11.5 Å². The quantitative estimate of drug-likeness (QED) is 0.526. The van der Waals surface area contributed by atoms with Gasteiger partial charge in [-0.2, -0.15) is 30.7 Å². The molecule has 30 heavy (non-hydrogen) atoms. The van der Waals surface area contributed by atoms with Gasteiger partial charge in [-0.15, -0.1) is 9.19 Å². The van der Waals surface area contributed by atoms with Crippen LogP contribution in [0.1, 0.15) is 17.5 Å². The van der Waals surface area contributed by atoms with E-state index in [9.17, 15) is 16.8 Å². The van der Waals surface area contributed by atoms with Crippen LogP contribution in [0.5, 0.6) is 11.5 Å². The fourth-order valence-electron chi connectivity index (χ4n) is 2.86. The molecule has 0 saturated carbocycles. The Labute approximate surface area is 174 Å². The van der Waals surface area contributed by atoms with Gasteiger partial charge < -0.3 is 9.47 Å². The number of hydrazone groups is 1. The van der Waals surface area contributed by atoms with E-state index < -0.39 is 25.4 Å². The molecule has 0 bridgehead atoms. The number of rotatable bonds is 7. The SMILES string of the molecule is COc1cc2c(cc1OC)/C(=N\N(C)S(=O)(=O)c1ncn(S(=O)(=O)N(C)C)n1)CC2. The highest BCUT2D eigenvalue weighted by molar-refractivity contribution is 7.89. The van der Waals surface area contributed by atoms with E-state index in [2.05, 4.69) is 15.2 Å². The molecule has 0 fully saturated rings. The maximum atomic E-state index is 12.8. The molecule has 1 aliphatic rings. The first-order valence-corrected chi connectivity index (χ1v) is 11.5. The summed E-state index contributed by atoms with van der Waals surface area (Å²) in [5.74, 6) is 1.08. The van der Waals surface area contributed by atoms with Gasteiger partial charge in [0.05, 0.1) is 19.9 Å². The second kappa shape index (κ2) is 7.85. The van der Waals surface area contributed by atoms with Crippen LogP contribution in [0.15, 0.2) is 28.7 Å². The lowest BCUT2D eigenvalue weighted by atomic mass is 10.1. The van der Waals surface area contributed by atoms with Crippen molar-refractivity contribution in [3.05, 3.63) is 29.6 Å². The molecule has 0 N–H and O–H groups in total. The molecule has 3 rings (SSSR count).